The van der Waals surface area contributed by atoms with E-state index in [-0.39, 0.29) is 16.2 Å². The van der Waals surface area contributed by atoms with E-state index in [2.05, 4.69) is 205 Å². The predicted molar refractivity (Wildman–Crippen MR) is 283 cm³/mol. The van der Waals surface area contributed by atoms with E-state index < -0.39 is 0 Å². The predicted octanol–water partition coefficient (Wildman–Crippen LogP) is 15.5. The minimum absolute atomic E-state index is 0.0549. The molecule has 11 aromatic rings. The quantitative estimate of drug-likeness (QED) is 0.175. The van der Waals surface area contributed by atoms with Crippen LogP contribution in [0.25, 0.3) is 90.1 Å². The minimum Gasteiger partial charge on any atom is -0.355 e. The number of fused-ring (bicyclic) bond motifs is 14. The normalized spacial score (nSPS) is 14.2. The molecule has 0 saturated heterocycles. The third kappa shape index (κ3) is 5.44. The van der Waals surface area contributed by atoms with E-state index in [0.717, 1.165) is 18.7 Å². The van der Waals surface area contributed by atoms with Crippen molar-refractivity contribution in [2.24, 2.45) is 0 Å². The Morgan fingerprint density at radius 3 is 1.98 bits per heavy atom. The molecule has 64 heavy (non-hydrogen) atoms. The van der Waals surface area contributed by atoms with E-state index in [1.54, 1.807) is 0 Å². The molecule has 0 amide bonds. The van der Waals surface area contributed by atoms with Gasteiger partial charge >= 0.3 is 0 Å². The lowest BCUT2D eigenvalue weighted by molar-refractivity contribution is 0.590. The van der Waals surface area contributed by atoms with Crippen molar-refractivity contribution >= 4 is 114 Å². The van der Waals surface area contributed by atoms with Gasteiger partial charge in [0.2, 0.25) is 0 Å². The summed E-state index contributed by atoms with van der Waals surface area (Å²) in [6, 6.07) is 54.1. The summed E-state index contributed by atoms with van der Waals surface area (Å²) in [7, 11) is 0.854. The molecule has 1 aliphatic carbocycles. The van der Waals surface area contributed by atoms with Crippen molar-refractivity contribution in [3.8, 4) is 27.9 Å². The van der Waals surface area contributed by atoms with Crippen LogP contribution in [0.4, 0.5) is 11.4 Å². The topological polar surface area (TPSA) is 17.0 Å². The Morgan fingerprint density at radius 2 is 1.19 bits per heavy atom. The standard InChI is InChI=1S/C59H49BN2S2/c1-57(2,3)32-17-20-34(21-18-32)61-48-31-54-43(42-25-33(58(4,5)6)19-24-52(42)64-54)26-40(48)37-22-23-38-41-27-46-39(35-13-9-11-15-45(35)59(46,7)8)28-49(41)62-50-29-44-36-14-10-12-16-51(36)63-53(44)30-47(50)60-55(37)56(38)62/h9-31,60-61H,1-8H3. The van der Waals surface area contributed by atoms with Gasteiger partial charge in [0.25, 0.3) is 0 Å². The van der Waals surface area contributed by atoms with E-state index in [1.165, 1.54) is 123 Å². The van der Waals surface area contributed by atoms with Crippen LogP contribution >= 0.6 is 22.7 Å². The van der Waals surface area contributed by atoms with E-state index in [9.17, 15) is 0 Å². The fourth-order valence-electron chi connectivity index (χ4n) is 11.2. The molecule has 1 N–H and O–H groups in total. The maximum absolute atomic E-state index is 3.99. The second-order valence-corrected chi connectivity index (χ2v) is 23.2. The number of nitrogens with one attached hydrogen (secondary N) is 1. The van der Waals surface area contributed by atoms with Crippen LogP contribution in [0, 0.1) is 0 Å². The van der Waals surface area contributed by atoms with Crippen molar-refractivity contribution in [2.45, 2.75) is 71.6 Å². The minimum atomic E-state index is -0.0889. The molecule has 0 atom stereocenters. The number of anilines is 2. The lowest BCUT2D eigenvalue weighted by atomic mass is 9.59. The molecular formula is C59H49BN2S2. The lowest BCUT2D eigenvalue weighted by Gasteiger charge is -2.24. The van der Waals surface area contributed by atoms with Gasteiger partial charge in [0.1, 0.15) is 0 Å². The Morgan fingerprint density at radius 1 is 0.500 bits per heavy atom. The Labute approximate surface area is 383 Å². The lowest BCUT2D eigenvalue weighted by Crippen LogP contribution is -2.37. The van der Waals surface area contributed by atoms with Crippen LogP contribution in [0.5, 0.6) is 0 Å². The largest absolute Gasteiger partial charge is 0.355 e. The van der Waals surface area contributed by atoms with Crippen molar-refractivity contribution in [2.75, 3.05) is 5.32 Å². The van der Waals surface area contributed by atoms with Crippen LogP contribution in [0.2, 0.25) is 0 Å². The number of nitrogens with zero attached hydrogens (tertiary/aromatic N) is 1. The van der Waals surface area contributed by atoms with Crippen LogP contribution in [0.3, 0.4) is 0 Å². The number of hydrogen-bond acceptors (Lipinski definition) is 3. The molecule has 1 aliphatic heterocycles. The first-order valence-electron chi connectivity index (χ1n) is 22.8. The average Bonchev–Trinajstić information content (AvgIpc) is 3.98. The molecule has 0 unspecified atom stereocenters. The Hall–Kier alpha value is -6.14. The van der Waals surface area contributed by atoms with E-state index in [1.807, 2.05) is 22.7 Å². The zero-order valence-corrected chi connectivity index (χ0v) is 39.4. The molecule has 0 spiro atoms. The van der Waals surface area contributed by atoms with Gasteiger partial charge in [-0.3, -0.25) is 0 Å². The zero-order chi connectivity index (χ0) is 43.6. The van der Waals surface area contributed by atoms with Crippen molar-refractivity contribution in [3.05, 3.63) is 162 Å². The third-order valence-corrected chi connectivity index (χ3v) is 17.0. The molecule has 2 nitrogen and oxygen atoms in total. The molecule has 2 aliphatic rings. The molecule has 4 heterocycles. The summed E-state index contributed by atoms with van der Waals surface area (Å²) in [6.07, 6.45) is 0. The highest BCUT2D eigenvalue weighted by Gasteiger charge is 2.37. The molecule has 13 rings (SSSR count). The number of thiophene rings is 2. The fourth-order valence-corrected chi connectivity index (χ4v) is 13.5. The van der Waals surface area contributed by atoms with Crippen LogP contribution in [0.15, 0.2) is 140 Å². The fraction of sp³-hybridized carbons (Fsp3) is 0.186. The zero-order valence-electron chi connectivity index (χ0n) is 37.7. The molecular weight excluding hydrogens is 812 g/mol. The Kier molecular flexibility index (Phi) is 7.78. The molecule has 5 heteroatoms. The van der Waals surface area contributed by atoms with Gasteiger partial charge < -0.3 is 9.88 Å². The highest BCUT2D eigenvalue weighted by atomic mass is 32.1. The van der Waals surface area contributed by atoms with E-state index >= 15 is 0 Å². The molecule has 8 aromatic carbocycles. The third-order valence-electron chi connectivity index (χ3n) is 14.7. The highest BCUT2D eigenvalue weighted by Crippen LogP contribution is 2.52. The SMILES string of the molecule is CC(C)(C)c1ccc(Nc2cc3sc4ccc(C(C)(C)C)cc4c3cc2-c2ccc3c4cc5c(cc4n4c3c2Bc2cc3sc6ccccc6c3cc2-4)-c2ccccc2C5(C)C)cc1. The second kappa shape index (κ2) is 13.0. The molecule has 0 radical (unpaired) electrons. The van der Waals surface area contributed by atoms with Gasteiger partial charge in [0.05, 0.1) is 5.52 Å². The Bertz CT molecular complexity index is 3820. The summed E-state index contributed by atoms with van der Waals surface area (Å²) in [4.78, 5) is 0. The van der Waals surface area contributed by atoms with E-state index in [0.29, 0.717) is 0 Å². The summed E-state index contributed by atoms with van der Waals surface area (Å²) < 4.78 is 7.98. The monoisotopic (exact) mass is 860 g/mol. The number of aromatic nitrogens is 1. The van der Waals surface area contributed by atoms with Gasteiger partial charge in [0, 0.05) is 84.7 Å². The Balaban J connectivity index is 1.11. The van der Waals surface area contributed by atoms with Gasteiger partial charge in [-0.05, 0) is 122 Å². The van der Waals surface area contributed by atoms with Crippen LogP contribution < -0.4 is 16.2 Å². The first-order valence-corrected chi connectivity index (χ1v) is 24.4. The summed E-state index contributed by atoms with van der Waals surface area (Å²) in [6.45, 7) is 18.6. The highest BCUT2D eigenvalue weighted by molar-refractivity contribution is 7.26. The first kappa shape index (κ1) is 38.3. The van der Waals surface area contributed by atoms with Crippen LogP contribution in [-0.2, 0) is 16.2 Å². The van der Waals surface area contributed by atoms with Gasteiger partial charge in [-0.1, -0.05) is 134 Å². The molecule has 310 valence electrons. The maximum atomic E-state index is 3.99. The van der Waals surface area contributed by atoms with Crippen molar-refractivity contribution in [1.29, 1.82) is 0 Å². The summed E-state index contributed by atoms with van der Waals surface area (Å²) >= 11 is 3.82. The second-order valence-electron chi connectivity index (χ2n) is 21.1. The molecule has 0 fully saturated rings. The van der Waals surface area contributed by atoms with Gasteiger partial charge in [-0.15, -0.1) is 22.7 Å². The van der Waals surface area contributed by atoms with Crippen LogP contribution in [-0.4, -0.2) is 11.8 Å². The number of benzene rings is 8. The summed E-state index contributed by atoms with van der Waals surface area (Å²) in [5.41, 5.74) is 19.7. The smallest absolute Gasteiger partial charge is 0.198 e. The van der Waals surface area contributed by atoms with Gasteiger partial charge in [0.15, 0.2) is 7.28 Å². The maximum Gasteiger partial charge on any atom is 0.198 e. The van der Waals surface area contributed by atoms with Crippen molar-refractivity contribution in [3.63, 3.8) is 0 Å². The number of rotatable bonds is 3. The van der Waals surface area contributed by atoms with Crippen molar-refractivity contribution < 1.29 is 0 Å². The van der Waals surface area contributed by atoms with Gasteiger partial charge in [-0.25, -0.2) is 0 Å². The summed E-state index contributed by atoms with van der Waals surface area (Å²) in [5.74, 6) is 0. The number of hydrogen-bond donors (Lipinski definition) is 1. The summed E-state index contributed by atoms with van der Waals surface area (Å²) in [5, 5.41) is 12.0. The van der Waals surface area contributed by atoms with Crippen LogP contribution in [0.1, 0.15) is 77.6 Å². The molecule has 0 bridgehead atoms. The van der Waals surface area contributed by atoms with Gasteiger partial charge in [-0.2, -0.15) is 0 Å². The molecule has 0 saturated carbocycles. The van der Waals surface area contributed by atoms with Crippen molar-refractivity contribution in [1.82, 2.24) is 4.57 Å². The average molecular weight is 861 g/mol. The first-order chi connectivity index (χ1) is 30.7. The molecule has 3 aromatic heterocycles. The van der Waals surface area contributed by atoms with E-state index in [4.69, 9.17) is 0 Å².